The Bertz CT molecular complexity index is 1100. The van der Waals surface area contributed by atoms with Gasteiger partial charge in [0.25, 0.3) is 0 Å². The van der Waals surface area contributed by atoms with Crippen molar-refractivity contribution in [1.82, 2.24) is 24.8 Å². The summed E-state index contributed by atoms with van der Waals surface area (Å²) >= 11 is 0. The van der Waals surface area contributed by atoms with E-state index >= 15 is 0 Å². The van der Waals surface area contributed by atoms with Crippen LogP contribution in [-0.4, -0.2) is 75.1 Å². The van der Waals surface area contributed by atoms with Crippen LogP contribution >= 0.6 is 0 Å². The highest BCUT2D eigenvalue weighted by Gasteiger charge is 2.18. The second-order valence-electron chi connectivity index (χ2n) is 8.82. The Labute approximate surface area is 213 Å². The normalized spacial score (nSPS) is 14.2. The average molecular weight is 492 g/mol. The number of nitrogens with zero attached hydrogens (tertiary/aromatic N) is 5. The molecule has 0 atom stereocenters. The maximum atomic E-state index is 10.9. The summed E-state index contributed by atoms with van der Waals surface area (Å²) in [5.74, 6) is -0.232. The van der Waals surface area contributed by atoms with Crippen LogP contribution in [0, 0.1) is 0 Å². The lowest BCUT2D eigenvalue weighted by Gasteiger charge is -2.33. The van der Waals surface area contributed by atoms with E-state index in [1.54, 1.807) is 6.20 Å². The molecule has 0 spiro atoms. The lowest BCUT2D eigenvalue weighted by Crippen LogP contribution is -2.47. The van der Waals surface area contributed by atoms with E-state index in [9.17, 15) is 4.79 Å². The van der Waals surface area contributed by atoms with Crippen molar-refractivity contribution in [2.24, 2.45) is 5.73 Å². The summed E-state index contributed by atoms with van der Waals surface area (Å²) in [5, 5.41) is 12.3. The van der Waals surface area contributed by atoms with Crippen LogP contribution in [0.3, 0.4) is 0 Å². The number of hydrogen-bond donors (Lipinski definition) is 3. The van der Waals surface area contributed by atoms with Crippen molar-refractivity contribution in [3.63, 3.8) is 0 Å². The van der Waals surface area contributed by atoms with Crippen LogP contribution < -0.4 is 11.1 Å². The molecule has 3 aromatic rings. The van der Waals surface area contributed by atoms with E-state index in [0.717, 1.165) is 74.6 Å². The molecule has 0 radical (unpaired) electrons. The first-order valence-electron chi connectivity index (χ1n) is 12.1. The molecule has 0 saturated carbocycles. The van der Waals surface area contributed by atoms with E-state index in [0.29, 0.717) is 12.5 Å². The third kappa shape index (κ3) is 8.08. The summed E-state index contributed by atoms with van der Waals surface area (Å²) in [6.45, 7) is 4.90. The van der Waals surface area contributed by atoms with E-state index in [1.807, 2.05) is 41.4 Å². The molecule has 0 amide bonds. The van der Waals surface area contributed by atoms with Crippen LogP contribution in [0.1, 0.15) is 31.5 Å². The van der Waals surface area contributed by atoms with Gasteiger partial charge in [-0.2, -0.15) is 0 Å². The standard InChI is InChI=1S/C26H33N7O2.CH4/c27-10-2-1-5-22-8-7-21(17-29-22)24-9-11-28-26(31-24)30-23-6-3-4-20(16-23)18-32-12-14-33(15-13-32)19-25(34)35;/h3-4,6-9,11,16-17H,1-2,5,10,12-15,18-19,27H2,(H,34,35)(H,28,30,31);1H4. The van der Waals surface area contributed by atoms with E-state index in [4.69, 9.17) is 10.8 Å². The summed E-state index contributed by atoms with van der Waals surface area (Å²) in [5.41, 5.74) is 10.5. The quantitative estimate of drug-likeness (QED) is 0.347. The molecular formula is C27H37N7O2. The largest absolute Gasteiger partial charge is 0.480 e. The van der Waals surface area contributed by atoms with Gasteiger partial charge in [-0.3, -0.25) is 19.6 Å². The SMILES string of the molecule is C.NCCCCc1ccc(-c2ccnc(Nc3cccc(CN4CCN(CC(=O)O)CC4)c3)n2)cn1. The van der Waals surface area contributed by atoms with E-state index in [-0.39, 0.29) is 14.0 Å². The van der Waals surface area contributed by atoms with Gasteiger partial charge in [-0.1, -0.05) is 19.6 Å². The molecule has 0 aliphatic carbocycles. The van der Waals surface area contributed by atoms with Gasteiger partial charge in [0.15, 0.2) is 0 Å². The van der Waals surface area contributed by atoms with Gasteiger partial charge in [-0.15, -0.1) is 0 Å². The Balaban J connectivity index is 0.00000361. The first-order valence-corrected chi connectivity index (χ1v) is 12.1. The van der Waals surface area contributed by atoms with Gasteiger partial charge in [-0.25, -0.2) is 9.97 Å². The van der Waals surface area contributed by atoms with Crippen LogP contribution in [0.4, 0.5) is 11.6 Å². The van der Waals surface area contributed by atoms with Crippen LogP contribution in [0.15, 0.2) is 54.9 Å². The fourth-order valence-corrected chi connectivity index (χ4v) is 4.19. The number of nitrogens with two attached hydrogens (primary N) is 1. The molecule has 9 heteroatoms. The Morgan fingerprint density at radius 1 is 1.03 bits per heavy atom. The third-order valence-electron chi connectivity index (χ3n) is 6.08. The van der Waals surface area contributed by atoms with Crippen molar-refractivity contribution in [1.29, 1.82) is 0 Å². The zero-order valence-corrected chi connectivity index (χ0v) is 19.9. The van der Waals surface area contributed by atoms with Crippen molar-refractivity contribution in [2.45, 2.75) is 33.2 Å². The first kappa shape index (κ1) is 27.2. The summed E-state index contributed by atoms with van der Waals surface area (Å²) < 4.78 is 0. The number of unbranched alkanes of at least 4 members (excludes halogenated alkanes) is 1. The fourth-order valence-electron chi connectivity index (χ4n) is 4.19. The van der Waals surface area contributed by atoms with Crippen LogP contribution in [0.25, 0.3) is 11.3 Å². The smallest absolute Gasteiger partial charge is 0.317 e. The molecule has 1 aromatic carbocycles. The number of aromatic nitrogens is 3. The molecule has 1 fully saturated rings. The Morgan fingerprint density at radius 3 is 2.56 bits per heavy atom. The lowest BCUT2D eigenvalue weighted by atomic mass is 10.1. The minimum absolute atomic E-state index is 0. The number of aryl methyl sites for hydroxylation is 1. The molecule has 0 bridgehead atoms. The van der Waals surface area contributed by atoms with Gasteiger partial charge in [0.2, 0.25) is 5.95 Å². The van der Waals surface area contributed by atoms with Crippen LogP contribution in [0.2, 0.25) is 0 Å². The molecule has 4 rings (SSSR count). The van der Waals surface area contributed by atoms with E-state index < -0.39 is 5.97 Å². The number of pyridine rings is 1. The zero-order chi connectivity index (χ0) is 24.5. The van der Waals surface area contributed by atoms with E-state index in [1.165, 1.54) is 5.56 Å². The molecule has 192 valence electrons. The van der Waals surface area contributed by atoms with Crippen molar-refractivity contribution in [3.8, 4) is 11.3 Å². The minimum atomic E-state index is -0.768. The van der Waals surface area contributed by atoms with Gasteiger partial charge in [-0.05, 0) is 61.7 Å². The zero-order valence-electron chi connectivity index (χ0n) is 19.9. The highest BCUT2D eigenvalue weighted by atomic mass is 16.4. The summed E-state index contributed by atoms with van der Waals surface area (Å²) in [7, 11) is 0. The number of aliphatic carboxylic acids is 1. The number of piperazine rings is 1. The summed E-state index contributed by atoms with van der Waals surface area (Å²) in [4.78, 5) is 28.9. The maximum absolute atomic E-state index is 10.9. The van der Waals surface area contributed by atoms with Crippen LogP contribution in [-0.2, 0) is 17.8 Å². The molecule has 36 heavy (non-hydrogen) atoms. The van der Waals surface area contributed by atoms with Gasteiger partial charge in [0, 0.05) is 62.1 Å². The maximum Gasteiger partial charge on any atom is 0.317 e. The topological polar surface area (TPSA) is 121 Å². The Kier molecular flexibility index (Phi) is 10.3. The fraction of sp³-hybridized carbons (Fsp3) is 0.407. The van der Waals surface area contributed by atoms with Crippen LogP contribution in [0.5, 0.6) is 0 Å². The Hall–Kier alpha value is -3.40. The number of hydrogen-bond acceptors (Lipinski definition) is 8. The van der Waals surface area contributed by atoms with Crippen molar-refractivity contribution < 1.29 is 9.90 Å². The lowest BCUT2D eigenvalue weighted by molar-refractivity contribution is -0.138. The number of nitrogens with one attached hydrogen (secondary N) is 1. The summed E-state index contributed by atoms with van der Waals surface area (Å²) in [6, 6.07) is 14.2. The molecular weight excluding hydrogens is 454 g/mol. The number of benzene rings is 1. The van der Waals surface area contributed by atoms with Crippen molar-refractivity contribution >= 4 is 17.6 Å². The molecule has 9 nitrogen and oxygen atoms in total. The summed E-state index contributed by atoms with van der Waals surface area (Å²) in [6.07, 6.45) is 6.60. The highest BCUT2D eigenvalue weighted by Crippen LogP contribution is 2.21. The average Bonchev–Trinajstić information content (AvgIpc) is 2.86. The highest BCUT2D eigenvalue weighted by molar-refractivity contribution is 5.69. The molecule has 2 aromatic heterocycles. The van der Waals surface area contributed by atoms with Gasteiger partial charge < -0.3 is 16.2 Å². The second kappa shape index (κ2) is 13.6. The third-order valence-corrected chi connectivity index (χ3v) is 6.08. The number of carboxylic acids is 1. The van der Waals surface area contributed by atoms with Crippen molar-refractivity contribution in [2.75, 3.05) is 44.6 Å². The number of carboxylic acid groups (broad SMARTS) is 1. The Morgan fingerprint density at radius 2 is 1.83 bits per heavy atom. The van der Waals surface area contributed by atoms with Crippen molar-refractivity contribution in [3.05, 3.63) is 66.1 Å². The molecule has 4 N–H and O–H groups in total. The monoisotopic (exact) mass is 491 g/mol. The molecule has 1 saturated heterocycles. The molecule has 3 heterocycles. The predicted octanol–water partition coefficient (Wildman–Crippen LogP) is 3.40. The second-order valence-corrected chi connectivity index (χ2v) is 8.82. The van der Waals surface area contributed by atoms with Gasteiger partial charge in [0.05, 0.1) is 12.2 Å². The number of anilines is 2. The number of rotatable bonds is 11. The number of carbonyl (C=O) groups is 1. The molecule has 1 aliphatic heterocycles. The molecule has 1 aliphatic rings. The first-order chi connectivity index (χ1) is 17.1. The van der Waals surface area contributed by atoms with E-state index in [2.05, 4.69) is 37.3 Å². The van der Waals surface area contributed by atoms with Gasteiger partial charge in [0.1, 0.15) is 0 Å². The van der Waals surface area contributed by atoms with Gasteiger partial charge >= 0.3 is 5.97 Å². The predicted molar refractivity (Wildman–Crippen MR) is 143 cm³/mol. The molecule has 0 unspecified atom stereocenters. The minimum Gasteiger partial charge on any atom is -0.480 e.